The molecule has 0 aliphatic heterocycles. The van der Waals surface area contributed by atoms with E-state index in [0.717, 1.165) is 50.9 Å². The monoisotopic (exact) mass is 477 g/mol. The van der Waals surface area contributed by atoms with Crippen LogP contribution in [0.2, 0.25) is 0 Å². The Bertz CT molecular complexity index is 1430. The SMILES string of the molecule is C/C(=C\C(=N)C(C)(C)C)c1cccc(-c2ccccc2-c2cccc(-c3cc(C(C)(C)C)[nH]n3)n2)n1. The van der Waals surface area contributed by atoms with Crippen LogP contribution in [0.5, 0.6) is 0 Å². The summed E-state index contributed by atoms with van der Waals surface area (Å²) in [7, 11) is 0. The molecule has 0 aliphatic rings. The van der Waals surface area contributed by atoms with E-state index < -0.39 is 0 Å². The van der Waals surface area contributed by atoms with Crippen LogP contribution in [0.15, 0.2) is 72.8 Å². The molecule has 0 atom stereocenters. The van der Waals surface area contributed by atoms with Crippen molar-refractivity contribution in [2.24, 2.45) is 5.41 Å². The molecule has 3 aromatic heterocycles. The van der Waals surface area contributed by atoms with E-state index in [1.807, 2.05) is 82.3 Å². The van der Waals surface area contributed by atoms with Crippen LogP contribution in [0.4, 0.5) is 0 Å². The highest BCUT2D eigenvalue weighted by molar-refractivity contribution is 6.01. The average molecular weight is 478 g/mol. The number of rotatable bonds is 5. The zero-order chi connectivity index (χ0) is 26.1. The zero-order valence-corrected chi connectivity index (χ0v) is 22.3. The molecule has 0 saturated carbocycles. The van der Waals surface area contributed by atoms with E-state index >= 15 is 0 Å². The minimum absolute atomic E-state index is 0.00983. The van der Waals surface area contributed by atoms with Crippen LogP contribution < -0.4 is 0 Å². The van der Waals surface area contributed by atoms with Crippen molar-refractivity contribution in [1.82, 2.24) is 20.2 Å². The Hall–Kier alpha value is -3.86. The molecule has 0 bridgehead atoms. The highest BCUT2D eigenvalue weighted by Crippen LogP contribution is 2.32. The molecule has 0 amide bonds. The highest BCUT2D eigenvalue weighted by atomic mass is 15.1. The largest absolute Gasteiger partial charge is 0.305 e. The van der Waals surface area contributed by atoms with Crippen molar-refractivity contribution in [3.63, 3.8) is 0 Å². The fourth-order valence-electron chi connectivity index (χ4n) is 3.81. The van der Waals surface area contributed by atoms with Crippen LogP contribution in [0, 0.1) is 10.8 Å². The summed E-state index contributed by atoms with van der Waals surface area (Å²) in [5, 5.41) is 16.1. The van der Waals surface area contributed by atoms with Gasteiger partial charge in [-0.3, -0.25) is 5.10 Å². The van der Waals surface area contributed by atoms with Crippen molar-refractivity contribution in [3.05, 3.63) is 84.2 Å². The Labute approximate surface area is 214 Å². The number of H-pyrrole nitrogens is 1. The first-order chi connectivity index (χ1) is 16.9. The Balaban J connectivity index is 1.73. The number of aromatic nitrogens is 4. The Kier molecular flexibility index (Phi) is 6.77. The number of allylic oxidation sites excluding steroid dienone is 2. The van der Waals surface area contributed by atoms with E-state index in [4.69, 9.17) is 15.4 Å². The molecule has 0 radical (unpaired) electrons. The molecule has 0 unspecified atom stereocenters. The quantitative estimate of drug-likeness (QED) is 0.286. The minimum Gasteiger partial charge on any atom is -0.305 e. The lowest BCUT2D eigenvalue weighted by molar-refractivity contribution is 0.567. The molecule has 4 rings (SSSR count). The Morgan fingerprint density at radius 2 is 1.33 bits per heavy atom. The average Bonchev–Trinajstić information content (AvgIpc) is 3.35. The summed E-state index contributed by atoms with van der Waals surface area (Å²) in [5.41, 5.74) is 8.73. The van der Waals surface area contributed by atoms with Crippen molar-refractivity contribution >= 4 is 11.3 Å². The predicted octanol–water partition coefficient (Wildman–Crippen LogP) is 7.97. The normalized spacial score (nSPS) is 12.6. The molecule has 1 aromatic carbocycles. The van der Waals surface area contributed by atoms with E-state index in [0.29, 0.717) is 5.71 Å². The van der Waals surface area contributed by atoms with Crippen molar-refractivity contribution in [2.45, 2.75) is 53.9 Å². The van der Waals surface area contributed by atoms with Crippen molar-refractivity contribution < 1.29 is 0 Å². The molecule has 5 heteroatoms. The fourth-order valence-corrected chi connectivity index (χ4v) is 3.81. The first-order valence-electron chi connectivity index (χ1n) is 12.3. The molecule has 0 spiro atoms. The van der Waals surface area contributed by atoms with Gasteiger partial charge in [0.1, 0.15) is 5.69 Å². The fraction of sp³-hybridized carbons (Fsp3) is 0.290. The second-order valence-electron chi connectivity index (χ2n) is 11.3. The third-order valence-corrected chi connectivity index (χ3v) is 6.20. The van der Waals surface area contributed by atoms with Gasteiger partial charge >= 0.3 is 0 Å². The molecular formula is C31H35N5. The van der Waals surface area contributed by atoms with E-state index in [1.54, 1.807) is 0 Å². The van der Waals surface area contributed by atoms with Gasteiger partial charge in [-0.15, -0.1) is 0 Å². The Morgan fingerprint density at radius 1 is 0.750 bits per heavy atom. The number of aromatic amines is 1. The summed E-state index contributed by atoms with van der Waals surface area (Å²) in [6.07, 6.45) is 1.92. The van der Waals surface area contributed by atoms with Gasteiger partial charge in [0.05, 0.1) is 22.8 Å². The number of hydrogen-bond acceptors (Lipinski definition) is 4. The van der Waals surface area contributed by atoms with Gasteiger partial charge in [-0.05, 0) is 48.9 Å². The van der Waals surface area contributed by atoms with Crippen molar-refractivity contribution in [2.75, 3.05) is 0 Å². The van der Waals surface area contributed by atoms with Crippen LogP contribution in [0.1, 0.15) is 59.9 Å². The number of benzene rings is 1. The summed E-state index contributed by atoms with van der Waals surface area (Å²) in [6.45, 7) is 14.6. The van der Waals surface area contributed by atoms with Gasteiger partial charge < -0.3 is 5.41 Å². The molecule has 0 saturated heterocycles. The third-order valence-electron chi connectivity index (χ3n) is 6.20. The molecule has 0 fully saturated rings. The van der Waals surface area contributed by atoms with E-state index in [2.05, 4.69) is 49.2 Å². The van der Waals surface area contributed by atoms with E-state index in [9.17, 15) is 0 Å². The van der Waals surface area contributed by atoms with Crippen LogP contribution >= 0.6 is 0 Å². The standard InChI is InChI=1S/C31H35N5/c1-20(18-28(32)30(2,3)4)23-14-10-15-24(33-23)21-12-8-9-13-22(21)25-16-11-17-26(34-25)27-19-29(36-35-27)31(5,6)7/h8-19,32H,1-7H3,(H,35,36)/b20-18+,32-28?. The predicted molar refractivity (Wildman–Crippen MR) is 150 cm³/mol. The topological polar surface area (TPSA) is 78.3 Å². The Morgan fingerprint density at radius 3 is 1.92 bits per heavy atom. The third kappa shape index (κ3) is 5.51. The maximum atomic E-state index is 8.39. The molecular weight excluding hydrogens is 442 g/mol. The second-order valence-corrected chi connectivity index (χ2v) is 11.3. The molecule has 36 heavy (non-hydrogen) atoms. The van der Waals surface area contributed by atoms with Crippen LogP contribution in [0.25, 0.3) is 39.5 Å². The molecule has 0 aliphatic carbocycles. The van der Waals surface area contributed by atoms with Gasteiger partial charge in [0.2, 0.25) is 0 Å². The highest BCUT2D eigenvalue weighted by Gasteiger charge is 2.19. The summed E-state index contributed by atoms with van der Waals surface area (Å²) < 4.78 is 0. The van der Waals surface area contributed by atoms with Gasteiger partial charge in [0.25, 0.3) is 0 Å². The summed E-state index contributed by atoms with van der Waals surface area (Å²) in [6, 6.07) is 22.4. The number of pyridine rings is 2. The number of nitrogens with one attached hydrogen (secondary N) is 2. The first-order valence-corrected chi connectivity index (χ1v) is 12.3. The van der Waals surface area contributed by atoms with Gasteiger partial charge in [-0.2, -0.15) is 5.10 Å². The van der Waals surface area contributed by atoms with Gasteiger partial charge in [0, 0.05) is 33.4 Å². The summed E-state index contributed by atoms with van der Waals surface area (Å²) >= 11 is 0. The van der Waals surface area contributed by atoms with Crippen molar-refractivity contribution in [1.29, 1.82) is 5.41 Å². The van der Waals surface area contributed by atoms with Crippen LogP contribution in [-0.2, 0) is 5.41 Å². The van der Waals surface area contributed by atoms with Crippen LogP contribution in [-0.4, -0.2) is 25.9 Å². The maximum absolute atomic E-state index is 8.39. The minimum atomic E-state index is -0.204. The zero-order valence-electron chi connectivity index (χ0n) is 22.3. The molecule has 4 aromatic rings. The van der Waals surface area contributed by atoms with E-state index in [-0.39, 0.29) is 10.8 Å². The molecule has 3 heterocycles. The molecule has 5 nitrogen and oxygen atoms in total. The maximum Gasteiger partial charge on any atom is 0.111 e. The first kappa shape index (κ1) is 25.2. The summed E-state index contributed by atoms with van der Waals surface area (Å²) in [4.78, 5) is 9.93. The van der Waals surface area contributed by atoms with Crippen LogP contribution in [0.3, 0.4) is 0 Å². The van der Waals surface area contributed by atoms with Crippen molar-refractivity contribution in [3.8, 4) is 33.9 Å². The molecule has 184 valence electrons. The van der Waals surface area contributed by atoms with E-state index in [1.165, 1.54) is 0 Å². The summed E-state index contributed by atoms with van der Waals surface area (Å²) in [5.74, 6) is 0. The lowest BCUT2D eigenvalue weighted by Crippen LogP contribution is -2.17. The lowest BCUT2D eigenvalue weighted by atomic mass is 9.88. The second kappa shape index (κ2) is 9.65. The van der Waals surface area contributed by atoms with Gasteiger partial charge in [0.15, 0.2) is 0 Å². The smallest absolute Gasteiger partial charge is 0.111 e. The number of nitrogens with zero attached hydrogens (tertiary/aromatic N) is 3. The molecule has 2 N–H and O–H groups in total. The number of hydrogen-bond donors (Lipinski definition) is 2. The van der Waals surface area contributed by atoms with Gasteiger partial charge in [-0.25, -0.2) is 9.97 Å². The van der Waals surface area contributed by atoms with Gasteiger partial charge in [-0.1, -0.05) is 77.9 Å². The lowest BCUT2D eigenvalue weighted by Gasteiger charge is -2.17.